The summed E-state index contributed by atoms with van der Waals surface area (Å²) >= 11 is 0.231. The second kappa shape index (κ2) is 8.16. The number of alkyl halides is 2. The first-order valence-electron chi connectivity index (χ1n) is 6.26. The number of hydrogen-bond donors (Lipinski definition) is 2. The number of hydrogen-bond acceptors (Lipinski definition) is 4. The van der Waals surface area contributed by atoms with Crippen LogP contribution in [-0.2, 0) is 0 Å². The van der Waals surface area contributed by atoms with Crippen molar-refractivity contribution >= 4 is 17.7 Å². The van der Waals surface area contributed by atoms with E-state index in [-0.39, 0.29) is 28.9 Å². The molecule has 0 spiro atoms. The Bertz CT molecular complexity index is 444. The molecular formula is C13H18F2N2O2S. The molecular weight excluding hydrogens is 286 g/mol. The molecule has 7 heteroatoms. The molecule has 0 aliphatic carbocycles. The van der Waals surface area contributed by atoms with Crippen LogP contribution >= 0.6 is 11.8 Å². The standard InChI is InChI=1S/C13H18F2N2O2S/c1-8(2)6-9(18)7-17-11(19)10-4-3-5-16-12(10)20-13(14)15/h3-5,8-9,13,18H,6-7H2,1-2H3,(H,17,19). The molecule has 0 aliphatic heterocycles. The first kappa shape index (κ1) is 16.8. The van der Waals surface area contributed by atoms with Crippen LogP contribution in [0.25, 0.3) is 0 Å². The van der Waals surface area contributed by atoms with E-state index in [1.807, 2.05) is 13.8 Å². The van der Waals surface area contributed by atoms with Gasteiger partial charge in [-0.1, -0.05) is 13.8 Å². The second-order valence-corrected chi connectivity index (χ2v) is 5.71. The van der Waals surface area contributed by atoms with Crippen molar-refractivity contribution in [1.82, 2.24) is 10.3 Å². The van der Waals surface area contributed by atoms with Crippen LogP contribution in [0, 0.1) is 5.92 Å². The highest BCUT2D eigenvalue weighted by Crippen LogP contribution is 2.26. The van der Waals surface area contributed by atoms with E-state index in [1.54, 1.807) is 0 Å². The SMILES string of the molecule is CC(C)CC(O)CNC(=O)c1cccnc1SC(F)F. The summed E-state index contributed by atoms with van der Waals surface area (Å²) in [5, 5.41) is 12.2. The van der Waals surface area contributed by atoms with Gasteiger partial charge in [-0.15, -0.1) is 0 Å². The van der Waals surface area contributed by atoms with E-state index in [4.69, 9.17) is 0 Å². The highest BCUT2D eigenvalue weighted by Gasteiger charge is 2.17. The third kappa shape index (κ3) is 5.83. The Hall–Kier alpha value is -1.21. The zero-order valence-corrected chi connectivity index (χ0v) is 12.2. The van der Waals surface area contributed by atoms with Crippen molar-refractivity contribution in [3.8, 4) is 0 Å². The number of aliphatic hydroxyl groups excluding tert-OH is 1. The largest absolute Gasteiger partial charge is 0.391 e. The van der Waals surface area contributed by atoms with Crippen LogP contribution < -0.4 is 5.32 Å². The Balaban J connectivity index is 2.63. The van der Waals surface area contributed by atoms with E-state index in [2.05, 4.69) is 10.3 Å². The second-order valence-electron chi connectivity index (χ2n) is 4.73. The monoisotopic (exact) mass is 304 g/mol. The molecule has 1 atom stereocenters. The number of amides is 1. The maximum Gasteiger partial charge on any atom is 0.290 e. The minimum absolute atomic E-state index is 0.0154. The van der Waals surface area contributed by atoms with E-state index in [0.29, 0.717) is 12.3 Å². The summed E-state index contributed by atoms with van der Waals surface area (Å²) in [4.78, 5) is 15.7. The Kier molecular flexibility index (Phi) is 6.87. The third-order valence-electron chi connectivity index (χ3n) is 2.46. The minimum Gasteiger partial charge on any atom is -0.391 e. The van der Waals surface area contributed by atoms with E-state index in [1.165, 1.54) is 18.3 Å². The number of aromatic nitrogens is 1. The maximum atomic E-state index is 12.4. The van der Waals surface area contributed by atoms with Gasteiger partial charge in [0.1, 0.15) is 5.03 Å². The van der Waals surface area contributed by atoms with Gasteiger partial charge in [0.2, 0.25) is 0 Å². The van der Waals surface area contributed by atoms with Crippen molar-refractivity contribution in [2.45, 2.75) is 37.2 Å². The fourth-order valence-corrected chi connectivity index (χ4v) is 2.25. The van der Waals surface area contributed by atoms with Crippen LogP contribution in [0.3, 0.4) is 0 Å². The molecule has 20 heavy (non-hydrogen) atoms. The van der Waals surface area contributed by atoms with Gasteiger partial charge in [-0.3, -0.25) is 4.79 Å². The van der Waals surface area contributed by atoms with Crippen LogP contribution in [0.1, 0.15) is 30.6 Å². The van der Waals surface area contributed by atoms with Crippen LogP contribution in [-0.4, -0.2) is 34.4 Å². The predicted octanol–water partition coefficient (Wildman–Crippen LogP) is 2.53. The van der Waals surface area contributed by atoms with Crippen molar-refractivity contribution in [2.75, 3.05) is 6.54 Å². The Morgan fingerprint density at radius 1 is 1.50 bits per heavy atom. The minimum atomic E-state index is -2.64. The van der Waals surface area contributed by atoms with Crippen molar-refractivity contribution in [2.24, 2.45) is 5.92 Å². The zero-order chi connectivity index (χ0) is 15.1. The number of rotatable bonds is 7. The van der Waals surface area contributed by atoms with Crippen LogP contribution in [0.15, 0.2) is 23.4 Å². The lowest BCUT2D eigenvalue weighted by molar-refractivity contribution is 0.0896. The predicted molar refractivity (Wildman–Crippen MR) is 73.9 cm³/mol. The molecule has 1 heterocycles. The quantitative estimate of drug-likeness (QED) is 0.760. The molecule has 0 fully saturated rings. The van der Waals surface area contributed by atoms with Crippen LogP contribution in [0.5, 0.6) is 0 Å². The summed E-state index contributed by atoms with van der Waals surface area (Å²) < 4.78 is 24.7. The lowest BCUT2D eigenvalue weighted by Crippen LogP contribution is -2.33. The Morgan fingerprint density at radius 3 is 2.80 bits per heavy atom. The van der Waals surface area contributed by atoms with Crippen LogP contribution in [0.4, 0.5) is 8.78 Å². The van der Waals surface area contributed by atoms with Gasteiger partial charge in [0, 0.05) is 12.7 Å². The summed E-state index contributed by atoms with van der Waals surface area (Å²) in [5.41, 5.74) is 0.0922. The van der Waals surface area contributed by atoms with E-state index >= 15 is 0 Å². The number of carbonyl (C=O) groups is 1. The first-order valence-corrected chi connectivity index (χ1v) is 7.14. The summed E-state index contributed by atoms with van der Waals surface area (Å²) in [6.45, 7) is 4.01. The molecule has 0 aromatic carbocycles. The summed E-state index contributed by atoms with van der Waals surface area (Å²) in [7, 11) is 0. The van der Waals surface area contributed by atoms with Crippen LogP contribution in [0.2, 0.25) is 0 Å². The number of aliphatic hydroxyl groups is 1. The lowest BCUT2D eigenvalue weighted by atomic mass is 10.1. The Morgan fingerprint density at radius 2 is 2.20 bits per heavy atom. The van der Waals surface area contributed by atoms with E-state index in [0.717, 1.165) is 0 Å². The molecule has 0 radical (unpaired) electrons. The molecule has 1 rings (SSSR count). The van der Waals surface area contributed by atoms with Gasteiger partial charge in [0.05, 0.1) is 11.7 Å². The average molecular weight is 304 g/mol. The number of pyridine rings is 1. The highest BCUT2D eigenvalue weighted by atomic mass is 32.2. The van der Waals surface area contributed by atoms with Gasteiger partial charge in [-0.25, -0.2) is 4.98 Å². The molecule has 0 aliphatic rings. The van der Waals surface area contributed by atoms with Crippen molar-refractivity contribution in [1.29, 1.82) is 0 Å². The van der Waals surface area contributed by atoms with Gasteiger partial charge in [0.25, 0.3) is 11.7 Å². The summed E-state index contributed by atoms with van der Waals surface area (Å²) in [5.74, 6) is -2.84. The Labute approximate surface area is 121 Å². The van der Waals surface area contributed by atoms with Crippen molar-refractivity contribution in [3.05, 3.63) is 23.9 Å². The molecule has 1 aromatic heterocycles. The number of carbonyl (C=O) groups excluding carboxylic acids is 1. The molecule has 1 unspecified atom stereocenters. The van der Waals surface area contributed by atoms with Crippen molar-refractivity contribution in [3.63, 3.8) is 0 Å². The number of thioether (sulfide) groups is 1. The molecule has 1 aromatic rings. The molecule has 0 saturated heterocycles. The van der Waals surface area contributed by atoms with Gasteiger partial charge < -0.3 is 10.4 Å². The zero-order valence-electron chi connectivity index (χ0n) is 11.3. The van der Waals surface area contributed by atoms with Crippen molar-refractivity contribution < 1.29 is 18.7 Å². The number of nitrogens with one attached hydrogen (secondary N) is 1. The summed E-state index contributed by atoms with van der Waals surface area (Å²) in [6.07, 6.45) is 1.27. The lowest BCUT2D eigenvalue weighted by Gasteiger charge is -2.14. The van der Waals surface area contributed by atoms with E-state index < -0.39 is 17.8 Å². The molecule has 0 bridgehead atoms. The van der Waals surface area contributed by atoms with Gasteiger partial charge in [-0.2, -0.15) is 8.78 Å². The normalized spacial score (nSPS) is 12.8. The molecule has 0 saturated carbocycles. The van der Waals surface area contributed by atoms with E-state index in [9.17, 15) is 18.7 Å². The van der Waals surface area contributed by atoms with Gasteiger partial charge >= 0.3 is 0 Å². The average Bonchev–Trinajstić information content (AvgIpc) is 2.35. The topological polar surface area (TPSA) is 62.2 Å². The molecule has 4 nitrogen and oxygen atoms in total. The highest BCUT2D eigenvalue weighted by molar-refractivity contribution is 7.99. The molecule has 2 N–H and O–H groups in total. The summed E-state index contributed by atoms with van der Waals surface area (Å²) in [6, 6.07) is 2.94. The number of nitrogens with zero attached hydrogens (tertiary/aromatic N) is 1. The molecule has 112 valence electrons. The van der Waals surface area contributed by atoms with Gasteiger partial charge in [0.15, 0.2) is 0 Å². The smallest absolute Gasteiger partial charge is 0.290 e. The molecule has 1 amide bonds. The maximum absolute atomic E-state index is 12.4. The first-order chi connectivity index (χ1) is 9.40. The fourth-order valence-electron chi connectivity index (χ4n) is 1.68. The van der Waals surface area contributed by atoms with Gasteiger partial charge in [-0.05, 0) is 36.2 Å². The third-order valence-corrected chi connectivity index (χ3v) is 3.18. The number of halogens is 2. The fraction of sp³-hybridized carbons (Fsp3) is 0.538.